The van der Waals surface area contributed by atoms with Gasteiger partial charge in [0.05, 0.1) is 5.69 Å². The summed E-state index contributed by atoms with van der Waals surface area (Å²) in [5.41, 5.74) is 20.5. The van der Waals surface area contributed by atoms with Gasteiger partial charge in [-0.25, -0.2) is 4.98 Å². The van der Waals surface area contributed by atoms with Crippen LogP contribution in [0.2, 0.25) is 0 Å². The van der Waals surface area contributed by atoms with Gasteiger partial charge in [0, 0.05) is 61.4 Å². The number of para-hydroxylation sites is 3. The number of rotatable bonds is 6. The molecule has 352 valence electrons. The average molecular weight is 1090 g/mol. The third kappa shape index (κ3) is 8.80. The van der Waals surface area contributed by atoms with Gasteiger partial charge < -0.3 is 19.4 Å². The van der Waals surface area contributed by atoms with Crippen LogP contribution in [0, 0.1) is 39.6 Å². The van der Waals surface area contributed by atoms with Crippen molar-refractivity contribution in [2.45, 2.75) is 99.3 Å². The van der Waals surface area contributed by atoms with E-state index in [0.717, 1.165) is 56.5 Å². The van der Waals surface area contributed by atoms with Gasteiger partial charge in [-0.15, -0.1) is 48.3 Å². The first-order chi connectivity index (χ1) is 32.3. The normalized spacial score (nSPS) is 13.2. The molecule has 2 aliphatic rings. The summed E-state index contributed by atoms with van der Waals surface area (Å²) in [4.78, 5) is 11.9. The molecule has 69 heavy (non-hydrogen) atoms. The first-order valence-corrected chi connectivity index (χ1v) is 23.9. The molecular formula is C63H61N4OPt-3. The Morgan fingerprint density at radius 3 is 1.71 bits per heavy atom. The van der Waals surface area contributed by atoms with E-state index in [9.17, 15) is 0 Å². The summed E-state index contributed by atoms with van der Waals surface area (Å²) >= 11 is 0. The Morgan fingerprint density at radius 1 is 0.522 bits per heavy atom. The van der Waals surface area contributed by atoms with E-state index in [0.29, 0.717) is 11.5 Å². The van der Waals surface area contributed by atoms with E-state index in [1.165, 1.54) is 50.2 Å². The Kier molecular flexibility index (Phi) is 12.3. The Bertz CT molecular complexity index is 3200. The summed E-state index contributed by atoms with van der Waals surface area (Å²) in [6.07, 6.45) is 1.92. The maximum absolute atomic E-state index is 6.82. The molecule has 0 atom stereocenters. The molecule has 1 aromatic heterocycles. The van der Waals surface area contributed by atoms with Gasteiger partial charge in [0.2, 0.25) is 0 Å². The van der Waals surface area contributed by atoms with Gasteiger partial charge in [-0.3, -0.25) is 0 Å². The second-order valence-electron chi connectivity index (χ2n) is 21.7. The smallest absolute Gasteiger partial charge is 0.135 e. The number of aromatic nitrogens is 1. The van der Waals surface area contributed by atoms with E-state index in [1.807, 2.05) is 24.4 Å². The number of pyridine rings is 1. The van der Waals surface area contributed by atoms with Gasteiger partial charge in [-0.2, -0.15) is 12.1 Å². The van der Waals surface area contributed by atoms with Crippen LogP contribution in [0.15, 0.2) is 146 Å². The second-order valence-corrected chi connectivity index (χ2v) is 21.7. The van der Waals surface area contributed by atoms with E-state index in [2.05, 4.69) is 238 Å². The summed E-state index contributed by atoms with van der Waals surface area (Å²) in [5.74, 6) is 2.01. The number of benzene rings is 7. The second kappa shape index (κ2) is 17.8. The van der Waals surface area contributed by atoms with Crippen LogP contribution < -0.4 is 19.4 Å². The van der Waals surface area contributed by atoms with E-state index >= 15 is 0 Å². The number of anilines is 7. The molecule has 0 amide bonds. The molecule has 0 spiro atoms. The molecule has 3 heterocycles. The monoisotopic (exact) mass is 1080 g/mol. The predicted octanol–water partition coefficient (Wildman–Crippen LogP) is 17.5. The minimum absolute atomic E-state index is 0. The average Bonchev–Trinajstić information content (AvgIpc) is 3.62. The van der Waals surface area contributed by atoms with Crippen molar-refractivity contribution in [3.63, 3.8) is 0 Å². The fourth-order valence-electron chi connectivity index (χ4n) is 10.2. The molecule has 5 nitrogen and oxygen atoms in total. The van der Waals surface area contributed by atoms with Crippen LogP contribution in [-0.2, 0) is 37.3 Å². The first kappa shape index (κ1) is 47.6. The van der Waals surface area contributed by atoms with Crippen LogP contribution in [0.4, 0.5) is 39.9 Å². The minimum atomic E-state index is -0.163. The third-order valence-electron chi connectivity index (χ3n) is 13.4. The fraction of sp³-hybridized carbons (Fsp3) is 0.238. The molecule has 7 aromatic carbocycles. The predicted molar refractivity (Wildman–Crippen MR) is 285 cm³/mol. The van der Waals surface area contributed by atoms with Crippen molar-refractivity contribution in [3.8, 4) is 44.9 Å². The summed E-state index contributed by atoms with van der Waals surface area (Å²) in [7, 11) is 0. The molecule has 0 saturated heterocycles. The zero-order chi connectivity index (χ0) is 47.9. The number of ether oxygens (including phenoxy) is 1. The SMILES string of the molecule is Cc1cc(C)c(-c2cc(C(C)(C)C)c(N3[CH-]N(c4[c-]c(Oc5[c-]c6c(cc5)-c5ccccc5-c5ccccc5N6c5cc(C(C)(C)C)ccn5)ccc4)c4ccccc43)c(C(C)(C)C)c2)c(C)c1.[Pt]. The largest absolute Gasteiger partial charge is 0.509 e. The van der Waals surface area contributed by atoms with Gasteiger partial charge in [-0.05, 0) is 124 Å². The van der Waals surface area contributed by atoms with Crippen molar-refractivity contribution in [1.82, 2.24) is 4.98 Å². The van der Waals surface area contributed by atoms with E-state index in [-0.39, 0.29) is 37.3 Å². The van der Waals surface area contributed by atoms with Gasteiger partial charge in [0.1, 0.15) is 5.82 Å². The first-order valence-electron chi connectivity index (χ1n) is 23.9. The number of nitrogens with zero attached hydrogens (tertiary/aromatic N) is 4. The maximum atomic E-state index is 6.82. The number of aryl methyl sites for hydroxylation is 3. The minimum Gasteiger partial charge on any atom is -0.509 e. The molecule has 0 radical (unpaired) electrons. The van der Waals surface area contributed by atoms with Crippen LogP contribution >= 0.6 is 0 Å². The van der Waals surface area contributed by atoms with Crippen LogP contribution in [0.5, 0.6) is 11.5 Å². The summed E-state index contributed by atoms with van der Waals surface area (Å²) in [6, 6.07) is 57.4. The number of hydrogen-bond donors (Lipinski definition) is 0. The van der Waals surface area contributed by atoms with Gasteiger partial charge >= 0.3 is 0 Å². The van der Waals surface area contributed by atoms with E-state index in [1.54, 1.807) is 0 Å². The van der Waals surface area contributed by atoms with E-state index in [4.69, 9.17) is 9.72 Å². The molecule has 0 aliphatic carbocycles. The maximum Gasteiger partial charge on any atom is 0.135 e. The fourth-order valence-corrected chi connectivity index (χ4v) is 10.2. The van der Waals surface area contributed by atoms with Crippen LogP contribution in [0.25, 0.3) is 33.4 Å². The number of hydrogen-bond acceptors (Lipinski definition) is 5. The van der Waals surface area contributed by atoms with Gasteiger partial charge in [0.15, 0.2) is 0 Å². The molecule has 10 rings (SSSR count). The molecule has 0 N–H and O–H groups in total. The molecule has 0 saturated carbocycles. The molecule has 0 fully saturated rings. The Hall–Kier alpha value is -6.42. The summed E-state index contributed by atoms with van der Waals surface area (Å²) in [5, 5.41) is 0. The Morgan fingerprint density at radius 2 is 1.09 bits per heavy atom. The number of fused-ring (bicyclic) bond motifs is 6. The van der Waals surface area contributed by atoms with Crippen LogP contribution in [-0.4, -0.2) is 4.98 Å². The molecule has 0 bridgehead atoms. The molecule has 2 aliphatic heterocycles. The quantitative estimate of drug-likeness (QED) is 0.155. The van der Waals surface area contributed by atoms with Crippen molar-refractivity contribution in [2.75, 3.05) is 14.7 Å². The molecule has 8 aromatic rings. The summed E-state index contributed by atoms with van der Waals surface area (Å²) in [6.45, 7) is 29.6. The third-order valence-corrected chi connectivity index (χ3v) is 13.4. The van der Waals surface area contributed by atoms with Gasteiger partial charge in [-0.1, -0.05) is 146 Å². The standard InChI is InChI=1S/C63H61N4O.Pt/c1-40-32-41(2)59(42(3)33-40)43-34-52(62(7,8)9)60(53(35-43)63(10,11)12)66-39-65(55-26-17-18-27-56(55)66)45-20-19-21-46(37-45)68-47-28-29-51-49-23-14-13-22-48(49)50-24-15-16-25-54(50)67(57(51)38-47)58-36-44(30-31-64-58)61(4,5)6;/h13-36,39H,1-12H3;/q-3;. The topological polar surface area (TPSA) is 31.8 Å². The molecular weight excluding hydrogens is 1020 g/mol. The van der Waals surface area contributed by atoms with Crippen LogP contribution in [0.1, 0.15) is 95.7 Å². The van der Waals surface area contributed by atoms with Gasteiger partial charge in [0.25, 0.3) is 0 Å². The zero-order valence-electron chi connectivity index (χ0n) is 41.9. The van der Waals surface area contributed by atoms with Crippen molar-refractivity contribution in [3.05, 3.63) is 198 Å². The Balaban J connectivity index is 0.00000593. The van der Waals surface area contributed by atoms with Crippen molar-refractivity contribution in [1.29, 1.82) is 0 Å². The zero-order valence-corrected chi connectivity index (χ0v) is 44.2. The van der Waals surface area contributed by atoms with E-state index < -0.39 is 0 Å². The van der Waals surface area contributed by atoms with Crippen LogP contribution in [0.3, 0.4) is 0 Å². The Labute approximate surface area is 425 Å². The van der Waals surface area contributed by atoms with Crippen molar-refractivity contribution >= 4 is 39.9 Å². The summed E-state index contributed by atoms with van der Waals surface area (Å²) < 4.78 is 6.82. The van der Waals surface area contributed by atoms with Crippen molar-refractivity contribution in [2.24, 2.45) is 0 Å². The molecule has 6 heteroatoms. The molecule has 0 unspecified atom stereocenters. The van der Waals surface area contributed by atoms with Crippen molar-refractivity contribution < 1.29 is 25.8 Å².